The van der Waals surface area contributed by atoms with Gasteiger partial charge in [0, 0.05) is 4.91 Å². The van der Waals surface area contributed by atoms with Crippen molar-refractivity contribution >= 4 is 11.9 Å². The monoisotopic (exact) mass is 263 g/mol. The lowest BCUT2D eigenvalue weighted by molar-refractivity contribution is 0.0232. The molecular weight excluding hydrogens is 254 g/mol. The number of aliphatic hydroxyl groups is 2. The van der Waals surface area contributed by atoms with Crippen LogP contribution in [0, 0.1) is 0 Å². The van der Waals surface area contributed by atoms with Gasteiger partial charge in [-0.2, -0.15) is 0 Å². The second kappa shape index (κ2) is 5.07. The Kier molecular flexibility index (Phi) is 3.48. The van der Waals surface area contributed by atoms with E-state index in [0.717, 1.165) is 0 Å². The Hall–Kier alpha value is -2.41. The highest BCUT2D eigenvalue weighted by atomic mass is 16.6. The van der Waals surface area contributed by atoms with E-state index in [-0.39, 0.29) is 23.2 Å². The van der Waals surface area contributed by atoms with Gasteiger partial charge in [0.25, 0.3) is 0 Å². The first-order valence-electron chi connectivity index (χ1n) is 5.32. The van der Waals surface area contributed by atoms with Crippen molar-refractivity contribution in [3.63, 3.8) is 0 Å². The summed E-state index contributed by atoms with van der Waals surface area (Å²) >= 11 is 0. The molecule has 2 N–H and O–H groups in total. The molecule has 2 unspecified atom stereocenters. The van der Waals surface area contributed by atoms with Gasteiger partial charge >= 0.3 is 11.9 Å². The zero-order chi connectivity index (χ0) is 14.0. The van der Waals surface area contributed by atoms with Crippen LogP contribution in [0.25, 0.3) is 10.4 Å². The maximum Gasteiger partial charge on any atom is 0.347 e. The molecule has 0 saturated carbocycles. The summed E-state index contributed by atoms with van der Waals surface area (Å²) in [4.78, 5) is 25.3. The van der Waals surface area contributed by atoms with E-state index < -0.39 is 24.1 Å². The minimum absolute atomic E-state index is 0.0394. The van der Waals surface area contributed by atoms with E-state index >= 15 is 0 Å². The SMILES string of the molecule is [N-]=[N+]=NCC(O)C(O)c1cccc2c1C(=O)OC2=O. The molecule has 1 aromatic rings. The van der Waals surface area contributed by atoms with Gasteiger partial charge in [-0.05, 0) is 17.2 Å². The first kappa shape index (κ1) is 13.0. The molecule has 8 heteroatoms. The van der Waals surface area contributed by atoms with Crippen LogP contribution in [0.15, 0.2) is 23.3 Å². The van der Waals surface area contributed by atoms with E-state index in [1.165, 1.54) is 18.2 Å². The molecule has 0 spiro atoms. The van der Waals surface area contributed by atoms with Crippen molar-refractivity contribution < 1.29 is 24.5 Å². The molecule has 0 bridgehead atoms. The number of rotatable bonds is 4. The Morgan fingerprint density at radius 2 is 2.05 bits per heavy atom. The third-order valence-electron chi connectivity index (χ3n) is 2.72. The molecular formula is C11H9N3O5. The number of benzene rings is 1. The Morgan fingerprint density at radius 3 is 2.74 bits per heavy atom. The van der Waals surface area contributed by atoms with Crippen molar-refractivity contribution in [3.8, 4) is 0 Å². The van der Waals surface area contributed by atoms with Gasteiger partial charge in [0.05, 0.1) is 23.8 Å². The van der Waals surface area contributed by atoms with Crippen LogP contribution in [0.5, 0.6) is 0 Å². The van der Waals surface area contributed by atoms with Crippen LogP contribution in [0.2, 0.25) is 0 Å². The summed E-state index contributed by atoms with van der Waals surface area (Å²) in [6, 6.07) is 4.23. The normalized spacial score (nSPS) is 16.3. The van der Waals surface area contributed by atoms with E-state index in [9.17, 15) is 19.8 Å². The largest absolute Gasteiger partial charge is 0.390 e. The number of azide groups is 1. The minimum atomic E-state index is -1.46. The molecule has 1 aliphatic rings. The number of carbonyl (C=O) groups is 2. The van der Waals surface area contributed by atoms with Crippen molar-refractivity contribution in [3.05, 3.63) is 45.3 Å². The summed E-state index contributed by atoms with van der Waals surface area (Å²) in [5.74, 6) is -1.66. The molecule has 1 aliphatic heterocycles. The summed E-state index contributed by atoms with van der Waals surface area (Å²) in [6.07, 6.45) is -2.84. The maximum atomic E-state index is 11.5. The lowest BCUT2D eigenvalue weighted by atomic mass is 9.96. The number of cyclic esters (lactones) is 2. The third-order valence-corrected chi connectivity index (χ3v) is 2.72. The first-order chi connectivity index (χ1) is 9.06. The molecule has 98 valence electrons. The van der Waals surface area contributed by atoms with Gasteiger partial charge in [0.1, 0.15) is 6.10 Å². The molecule has 19 heavy (non-hydrogen) atoms. The molecule has 0 aliphatic carbocycles. The Labute approximate surface area is 106 Å². The van der Waals surface area contributed by atoms with Crippen molar-refractivity contribution in [2.24, 2.45) is 5.11 Å². The smallest absolute Gasteiger partial charge is 0.347 e. The zero-order valence-corrected chi connectivity index (χ0v) is 9.55. The number of nitrogens with zero attached hydrogens (tertiary/aromatic N) is 3. The fourth-order valence-electron chi connectivity index (χ4n) is 1.83. The van der Waals surface area contributed by atoms with Crippen molar-refractivity contribution in [2.75, 3.05) is 6.54 Å². The van der Waals surface area contributed by atoms with Crippen LogP contribution in [0.1, 0.15) is 32.4 Å². The van der Waals surface area contributed by atoms with E-state index in [1.54, 1.807) is 0 Å². The highest BCUT2D eigenvalue weighted by Gasteiger charge is 2.35. The van der Waals surface area contributed by atoms with Gasteiger partial charge in [0.2, 0.25) is 0 Å². The lowest BCUT2D eigenvalue weighted by Crippen LogP contribution is -2.23. The van der Waals surface area contributed by atoms with Crippen LogP contribution >= 0.6 is 0 Å². The minimum Gasteiger partial charge on any atom is -0.390 e. The summed E-state index contributed by atoms with van der Waals surface area (Å²) in [5, 5.41) is 22.7. The first-order valence-corrected chi connectivity index (χ1v) is 5.32. The maximum absolute atomic E-state index is 11.5. The highest BCUT2D eigenvalue weighted by molar-refractivity contribution is 6.15. The Morgan fingerprint density at radius 1 is 1.32 bits per heavy atom. The van der Waals surface area contributed by atoms with E-state index in [0.29, 0.717) is 0 Å². The van der Waals surface area contributed by atoms with Gasteiger partial charge in [-0.1, -0.05) is 17.2 Å². The third kappa shape index (κ3) is 2.27. The van der Waals surface area contributed by atoms with Gasteiger partial charge in [0.15, 0.2) is 0 Å². The zero-order valence-electron chi connectivity index (χ0n) is 9.55. The molecule has 1 heterocycles. The molecule has 0 radical (unpaired) electrons. The number of fused-ring (bicyclic) bond motifs is 1. The van der Waals surface area contributed by atoms with Gasteiger partial charge in [-0.25, -0.2) is 9.59 Å². The number of aliphatic hydroxyl groups excluding tert-OH is 2. The van der Waals surface area contributed by atoms with E-state index in [4.69, 9.17) is 5.53 Å². The van der Waals surface area contributed by atoms with Crippen molar-refractivity contribution in [2.45, 2.75) is 12.2 Å². The molecule has 0 aromatic heterocycles. The number of carbonyl (C=O) groups excluding carboxylic acids is 2. The molecule has 0 fully saturated rings. The fraction of sp³-hybridized carbons (Fsp3) is 0.273. The quantitative estimate of drug-likeness (QED) is 0.271. The van der Waals surface area contributed by atoms with Crippen LogP contribution in [-0.4, -0.2) is 34.8 Å². The van der Waals surface area contributed by atoms with E-state index in [2.05, 4.69) is 14.8 Å². The summed E-state index contributed by atoms with van der Waals surface area (Å²) in [6.45, 7) is -0.357. The Balaban J connectivity index is 2.39. The van der Waals surface area contributed by atoms with Crippen molar-refractivity contribution in [1.82, 2.24) is 0 Å². The average molecular weight is 263 g/mol. The second-order valence-electron chi connectivity index (χ2n) is 3.87. The second-order valence-corrected chi connectivity index (χ2v) is 3.87. The standard InChI is InChI=1S/C11H9N3O5/c12-14-13-4-7(15)9(16)5-2-1-3-6-8(5)11(18)19-10(6)17/h1-3,7,9,15-16H,4H2. The predicted molar refractivity (Wildman–Crippen MR) is 61.2 cm³/mol. The van der Waals surface area contributed by atoms with Crippen LogP contribution < -0.4 is 0 Å². The van der Waals surface area contributed by atoms with Crippen LogP contribution in [-0.2, 0) is 4.74 Å². The summed E-state index contributed by atoms with van der Waals surface area (Å²) in [5.41, 5.74) is 8.18. The molecule has 2 rings (SSSR count). The molecule has 0 saturated heterocycles. The van der Waals surface area contributed by atoms with Crippen LogP contribution in [0.4, 0.5) is 0 Å². The molecule has 2 atom stereocenters. The average Bonchev–Trinajstić information content (AvgIpc) is 2.70. The van der Waals surface area contributed by atoms with Crippen LogP contribution in [0.3, 0.4) is 0 Å². The molecule has 0 amide bonds. The molecule has 8 nitrogen and oxygen atoms in total. The van der Waals surface area contributed by atoms with Crippen molar-refractivity contribution in [1.29, 1.82) is 0 Å². The Bertz CT molecular complexity index is 594. The van der Waals surface area contributed by atoms with Gasteiger partial charge in [-0.15, -0.1) is 0 Å². The van der Waals surface area contributed by atoms with E-state index in [1.807, 2.05) is 0 Å². The predicted octanol–water partition coefficient (Wildman–Crippen LogP) is 0.702. The fourth-order valence-corrected chi connectivity index (χ4v) is 1.83. The summed E-state index contributed by atoms with van der Waals surface area (Å²) < 4.78 is 4.43. The highest BCUT2D eigenvalue weighted by Crippen LogP contribution is 2.29. The number of hydrogen-bond acceptors (Lipinski definition) is 6. The number of esters is 2. The molecule has 1 aromatic carbocycles. The number of ether oxygens (including phenoxy) is 1. The van der Waals surface area contributed by atoms with Gasteiger partial charge < -0.3 is 14.9 Å². The summed E-state index contributed by atoms with van der Waals surface area (Å²) in [7, 11) is 0. The lowest BCUT2D eigenvalue weighted by Gasteiger charge is -2.17. The van der Waals surface area contributed by atoms with Gasteiger partial charge in [-0.3, -0.25) is 0 Å². The number of hydrogen-bond donors (Lipinski definition) is 2. The topological polar surface area (TPSA) is 133 Å².